The Morgan fingerprint density at radius 1 is 1.00 bits per heavy atom. The molecule has 0 spiro atoms. The number of carbonyl (C=O) groups is 1. The Kier molecular flexibility index (Phi) is 4.05. The van der Waals surface area contributed by atoms with E-state index in [0.717, 1.165) is 22.5 Å². The number of nitrogens with zero attached hydrogens (tertiary/aromatic N) is 4. The average molecular weight is 344 g/mol. The zero-order chi connectivity index (χ0) is 18.1. The van der Waals surface area contributed by atoms with Crippen LogP contribution in [0, 0.1) is 0 Å². The molecule has 1 aromatic carbocycles. The molecular weight excluding hydrogens is 324 g/mol. The number of hydrogen-bond acceptors (Lipinski definition) is 2. The quantitative estimate of drug-likeness (QED) is 0.564. The summed E-state index contributed by atoms with van der Waals surface area (Å²) in [5, 5.41) is 4.40. The van der Waals surface area contributed by atoms with Crippen molar-refractivity contribution >= 4 is 11.4 Å². The summed E-state index contributed by atoms with van der Waals surface area (Å²) in [5.74, 6) is 0.801. The Bertz CT molecular complexity index is 1060. The number of rotatable bonds is 4. The van der Waals surface area contributed by atoms with Gasteiger partial charge >= 0.3 is 0 Å². The molecule has 0 unspecified atom stereocenters. The first-order valence-electron chi connectivity index (χ1n) is 8.65. The van der Waals surface area contributed by atoms with Gasteiger partial charge in [-0.25, -0.2) is 4.68 Å². The molecule has 0 N–H and O–H groups in total. The van der Waals surface area contributed by atoms with Crippen molar-refractivity contribution in [1.82, 2.24) is 19.1 Å². The van der Waals surface area contributed by atoms with Crippen LogP contribution in [0.25, 0.3) is 22.5 Å². The number of fused-ring (bicyclic) bond motifs is 1. The number of aromatic nitrogens is 3. The van der Waals surface area contributed by atoms with Crippen LogP contribution in [0.4, 0.5) is 0 Å². The Morgan fingerprint density at radius 2 is 1.77 bits per heavy atom. The van der Waals surface area contributed by atoms with Crippen molar-refractivity contribution in [2.45, 2.75) is 6.92 Å². The first-order chi connectivity index (χ1) is 12.7. The van der Waals surface area contributed by atoms with Gasteiger partial charge in [-0.05, 0) is 42.3 Å². The maximum atomic E-state index is 12.6. The van der Waals surface area contributed by atoms with E-state index in [1.807, 2.05) is 37.3 Å². The average Bonchev–Trinajstić information content (AvgIpc) is 3.33. The van der Waals surface area contributed by atoms with Crippen molar-refractivity contribution in [3.8, 4) is 16.9 Å². The first kappa shape index (κ1) is 16.1. The standard InChI is InChI=1S/C21H20N4O/c1-3-23(2)21(26)19-13-14-22-25(19)20-12-11-18-10-9-17(15-24(18)20)16-7-5-4-6-8-16/h4-15H,3H2,1-2H3. The molecule has 5 heteroatoms. The minimum Gasteiger partial charge on any atom is -0.341 e. The van der Waals surface area contributed by atoms with Crippen molar-refractivity contribution < 1.29 is 4.79 Å². The van der Waals surface area contributed by atoms with E-state index in [-0.39, 0.29) is 5.91 Å². The van der Waals surface area contributed by atoms with E-state index < -0.39 is 0 Å². The highest BCUT2D eigenvalue weighted by molar-refractivity contribution is 5.92. The molecule has 4 aromatic rings. The smallest absolute Gasteiger partial charge is 0.272 e. The lowest BCUT2D eigenvalue weighted by atomic mass is 10.1. The third kappa shape index (κ3) is 2.67. The van der Waals surface area contributed by atoms with Crippen LogP contribution in [0.2, 0.25) is 0 Å². The topological polar surface area (TPSA) is 42.5 Å². The molecule has 0 saturated heterocycles. The molecule has 0 aliphatic heterocycles. The second-order valence-corrected chi connectivity index (χ2v) is 6.22. The van der Waals surface area contributed by atoms with Gasteiger partial charge in [0.25, 0.3) is 5.91 Å². The maximum Gasteiger partial charge on any atom is 0.272 e. The van der Waals surface area contributed by atoms with Gasteiger partial charge in [-0.1, -0.05) is 36.4 Å². The molecule has 26 heavy (non-hydrogen) atoms. The summed E-state index contributed by atoms with van der Waals surface area (Å²) in [6, 6.07) is 20.2. The highest BCUT2D eigenvalue weighted by atomic mass is 16.2. The third-order valence-electron chi connectivity index (χ3n) is 4.64. The molecule has 0 radical (unpaired) electrons. The van der Waals surface area contributed by atoms with E-state index in [2.05, 4.69) is 40.0 Å². The van der Waals surface area contributed by atoms with E-state index in [0.29, 0.717) is 12.2 Å². The fourth-order valence-electron chi connectivity index (χ4n) is 3.05. The number of hydrogen-bond donors (Lipinski definition) is 0. The predicted octanol–water partition coefficient (Wildman–Crippen LogP) is 3.88. The zero-order valence-electron chi connectivity index (χ0n) is 14.8. The van der Waals surface area contributed by atoms with Gasteiger partial charge in [0.15, 0.2) is 0 Å². The third-order valence-corrected chi connectivity index (χ3v) is 4.64. The first-order valence-corrected chi connectivity index (χ1v) is 8.65. The van der Waals surface area contributed by atoms with E-state index in [9.17, 15) is 4.79 Å². The molecular formula is C21H20N4O. The van der Waals surface area contributed by atoms with Gasteiger partial charge in [-0.3, -0.25) is 4.79 Å². The number of pyridine rings is 1. The van der Waals surface area contributed by atoms with E-state index >= 15 is 0 Å². The lowest BCUT2D eigenvalue weighted by molar-refractivity contribution is 0.0793. The minimum absolute atomic E-state index is 0.0424. The fourth-order valence-corrected chi connectivity index (χ4v) is 3.05. The molecule has 0 bridgehead atoms. The molecule has 0 atom stereocenters. The molecule has 130 valence electrons. The molecule has 5 nitrogen and oxygen atoms in total. The van der Waals surface area contributed by atoms with Gasteiger partial charge in [0.2, 0.25) is 0 Å². The molecule has 4 rings (SSSR count). The monoisotopic (exact) mass is 344 g/mol. The largest absolute Gasteiger partial charge is 0.341 e. The Balaban J connectivity index is 1.84. The molecule has 0 fully saturated rings. The lowest BCUT2D eigenvalue weighted by Crippen LogP contribution is -2.28. The van der Waals surface area contributed by atoms with Gasteiger partial charge < -0.3 is 9.30 Å². The van der Waals surface area contributed by atoms with Gasteiger partial charge in [0.1, 0.15) is 11.5 Å². The van der Waals surface area contributed by atoms with Crippen molar-refractivity contribution in [1.29, 1.82) is 0 Å². The second kappa shape index (κ2) is 6.52. The van der Waals surface area contributed by atoms with Gasteiger partial charge in [-0.15, -0.1) is 0 Å². The van der Waals surface area contributed by atoms with Gasteiger partial charge in [0, 0.05) is 25.3 Å². The predicted molar refractivity (Wildman–Crippen MR) is 103 cm³/mol. The van der Waals surface area contributed by atoms with E-state index in [1.165, 1.54) is 0 Å². The zero-order valence-corrected chi connectivity index (χ0v) is 14.8. The summed E-state index contributed by atoms with van der Waals surface area (Å²) >= 11 is 0. The van der Waals surface area contributed by atoms with Crippen LogP contribution in [0.1, 0.15) is 17.4 Å². The van der Waals surface area contributed by atoms with E-state index in [4.69, 9.17) is 0 Å². The van der Waals surface area contributed by atoms with Gasteiger partial charge in [-0.2, -0.15) is 5.10 Å². The van der Waals surface area contributed by atoms with Gasteiger partial charge in [0.05, 0.1) is 6.20 Å². The molecule has 1 amide bonds. The number of amides is 1. The summed E-state index contributed by atoms with van der Waals surface area (Å²) in [6.07, 6.45) is 3.75. The van der Waals surface area contributed by atoms with Crippen LogP contribution in [-0.2, 0) is 0 Å². The maximum absolute atomic E-state index is 12.6. The van der Waals surface area contributed by atoms with Crippen molar-refractivity contribution in [3.63, 3.8) is 0 Å². The van der Waals surface area contributed by atoms with Crippen LogP contribution in [0.5, 0.6) is 0 Å². The number of carbonyl (C=O) groups excluding carboxylic acids is 1. The molecule has 0 saturated carbocycles. The van der Waals surface area contributed by atoms with Crippen LogP contribution in [0.15, 0.2) is 73.1 Å². The summed E-state index contributed by atoms with van der Waals surface area (Å²) in [5.41, 5.74) is 3.87. The molecule has 0 aliphatic carbocycles. The summed E-state index contributed by atoms with van der Waals surface area (Å²) < 4.78 is 3.77. The van der Waals surface area contributed by atoms with E-state index in [1.54, 1.807) is 28.9 Å². The normalized spacial score (nSPS) is 11.0. The van der Waals surface area contributed by atoms with Crippen molar-refractivity contribution in [3.05, 3.63) is 78.8 Å². The van der Waals surface area contributed by atoms with Crippen LogP contribution >= 0.6 is 0 Å². The Labute approximate surface area is 152 Å². The van der Waals surface area contributed by atoms with Crippen molar-refractivity contribution in [2.24, 2.45) is 0 Å². The second-order valence-electron chi connectivity index (χ2n) is 6.22. The fraction of sp³-hybridized carbons (Fsp3) is 0.143. The van der Waals surface area contributed by atoms with Crippen molar-refractivity contribution in [2.75, 3.05) is 13.6 Å². The molecule has 3 heterocycles. The highest BCUT2D eigenvalue weighted by Gasteiger charge is 2.18. The number of benzene rings is 1. The highest BCUT2D eigenvalue weighted by Crippen LogP contribution is 2.23. The SMILES string of the molecule is CCN(C)C(=O)c1ccnn1-c1ccc2ccc(-c3ccccc3)cn12. The van der Waals surface area contributed by atoms with Crippen LogP contribution in [0.3, 0.4) is 0 Å². The summed E-state index contributed by atoms with van der Waals surface area (Å²) in [4.78, 5) is 14.3. The minimum atomic E-state index is -0.0424. The summed E-state index contributed by atoms with van der Waals surface area (Å²) in [6.45, 7) is 2.61. The Morgan fingerprint density at radius 3 is 2.54 bits per heavy atom. The van der Waals surface area contributed by atoms with Crippen LogP contribution in [-0.4, -0.2) is 38.6 Å². The summed E-state index contributed by atoms with van der Waals surface area (Å²) in [7, 11) is 1.80. The molecule has 3 aromatic heterocycles. The Hall–Kier alpha value is -3.34. The lowest BCUT2D eigenvalue weighted by Gasteiger charge is -2.15. The molecule has 0 aliphatic rings. The van der Waals surface area contributed by atoms with Crippen LogP contribution < -0.4 is 0 Å².